The van der Waals surface area contributed by atoms with Crippen LogP contribution in [0.15, 0.2) is 102 Å². The van der Waals surface area contributed by atoms with E-state index >= 15 is 0 Å². The fourth-order valence-corrected chi connectivity index (χ4v) is 4.28. The quantitative estimate of drug-likeness (QED) is 0.220. The predicted octanol–water partition coefficient (Wildman–Crippen LogP) is 7.81. The van der Waals surface area contributed by atoms with Gasteiger partial charge < -0.3 is 13.9 Å². The molecule has 1 heterocycles. The summed E-state index contributed by atoms with van der Waals surface area (Å²) in [5.41, 5.74) is 3.73. The van der Waals surface area contributed by atoms with Gasteiger partial charge in [-0.2, -0.15) is 0 Å². The van der Waals surface area contributed by atoms with Crippen LogP contribution >= 0.6 is 0 Å². The molecule has 0 fully saturated rings. The van der Waals surface area contributed by atoms with E-state index in [0.717, 1.165) is 43.8 Å². The fourth-order valence-electron chi connectivity index (χ4n) is 4.28. The van der Waals surface area contributed by atoms with Crippen molar-refractivity contribution in [1.29, 1.82) is 0 Å². The molecule has 174 valence electrons. The summed E-state index contributed by atoms with van der Waals surface area (Å²) in [6.45, 7) is 4.65. The second-order valence-corrected chi connectivity index (χ2v) is 8.10. The van der Waals surface area contributed by atoms with Crippen molar-refractivity contribution in [2.75, 3.05) is 0 Å². The zero-order valence-corrected chi connectivity index (χ0v) is 19.8. The minimum atomic E-state index is 0.400. The molecule has 0 saturated carbocycles. The summed E-state index contributed by atoms with van der Waals surface area (Å²) in [4.78, 5) is 0. The minimum Gasteiger partial charge on any atom is -0.497 e. The zero-order valence-electron chi connectivity index (χ0n) is 19.8. The molecule has 0 saturated heterocycles. The van der Waals surface area contributed by atoms with Crippen LogP contribution in [-0.2, 0) is 22.7 Å². The third-order valence-corrected chi connectivity index (χ3v) is 5.89. The molecule has 5 rings (SSSR count). The molecule has 0 bridgehead atoms. The van der Waals surface area contributed by atoms with Gasteiger partial charge in [0.1, 0.15) is 13.2 Å². The highest BCUT2D eigenvalue weighted by Crippen LogP contribution is 2.35. The van der Waals surface area contributed by atoms with Crippen LogP contribution < -0.4 is 0 Å². The standard InChI is InChI=1S/C30H26N2O3/c1-3-17-33-19-27-23-11-7-5-9-21(23)13-15-25(27)29-31-32-30(35-29)26-16-14-22-10-6-8-12-24(22)28(26)20-34-18-4-2/h3-18H,19-20H2,1-2H3. The van der Waals surface area contributed by atoms with Crippen LogP contribution in [0.5, 0.6) is 0 Å². The normalized spacial score (nSPS) is 11.7. The number of hydrogen-bond donors (Lipinski definition) is 0. The fraction of sp³-hybridized carbons (Fsp3) is 0.133. The number of rotatable bonds is 8. The van der Waals surface area contributed by atoms with Crippen molar-refractivity contribution in [1.82, 2.24) is 10.2 Å². The topological polar surface area (TPSA) is 57.4 Å². The summed E-state index contributed by atoms with van der Waals surface area (Å²) in [6, 6.07) is 24.6. The maximum absolute atomic E-state index is 6.28. The van der Waals surface area contributed by atoms with Gasteiger partial charge in [0.25, 0.3) is 0 Å². The Hall–Kier alpha value is -4.38. The van der Waals surface area contributed by atoms with Gasteiger partial charge in [0.2, 0.25) is 11.8 Å². The number of allylic oxidation sites excluding steroid dienone is 2. The Morgan fingerprint density at radius 3 is 1.54 bits per heavy atom. The van der Waals surface area contributed by atoms with Gasteiger partial charge in [-0.05, 0) is 47.5 Å². The molecule has 0 amide bonds. The summed E-state index contributed by atoms with van der Waals surface area (Å²) >= 11 is 0. The lowest BCUT2D eigenvalue weighted by Gasteiger charge is -2.11. The first-order valence-electron chi connectivity index (χ1n) is 11.6. The monoisotopic (exact) mass is 462 g/mol. The van der Waals surface area contributed by atoms with E-state index in [2.05, 4.69) is 46.6 Å². The third kappa shape index (κ3) is 4.53. The maximum Gasteiger partial charge on any atom is 0.248 e. The van der Waals surface area contributed by atoms with Crippen LogP contribution in [0.3, 0.4) is 0 Å². The molecule has 5 heteroatoms. The van der Waals surface area contributed by atoms with Gasteiger partial charge in [-0.25, -0.2) is 0 Å². The van der Waals surface area contributed by atoms with Gasteiger partial charge >= 0.3 is 0 Å². The molecule has 0 aliphatic heterocycles. The van der Waals surface area contributed by atoms with Crippen molar-refractivity contribution in [2.24, 2.45) is 0 Å². The molecule has 5 nitrogen and oxygen atoms in total. The van der Waals surface area contributed by atoms with E-state index in [1.54, 1.807) is 12.5 Å². The Bertz CT molecular complexity index is 1420. The molecule has 1 aromatic heterocycles. The minimum absolute atomic E-state index is 0.400. The van der Waals surface area contributed by atoms with E-state index in [0.29, 0.717) is 25.0 Å². The molecular weight excluding hydrogens is 436 g/mol. The van der Waals surface area contributed by atoms with Gasteiger partial charge in [-0.3, -0.25) is 0 Å². The van der Waals surface area contributed by atoms with Crippen molar-refractivity contribution in [3.8, 4) is 22.9 Å². The highest BCUT2D eigenvalue weighted by Gasteiger charge is 2.19. The maximum atomic E-state index is 6.28. The second kappa shape index (κ2) is 10.3. The lowest BCUT2D eigenvalue weighted by atomic mass is 9.99. The molecule has 0 aliphatic rings. The second-order valence-electron chi connectivity index (χ2n) is 8.10. The largest absolute Gasteiger partial charge is 0.497 e. The van der Waals surface area contributed by atoms with Crippen LogP contribution in [0, 0.1) is 0 Å². The molecule has 4 aromatic carbocycles. The highest BCUT2D eigenvalue weighted by atomic mass is 16.5. The highest BCUT2D eigenvalue weighted by molar-refractivity contribution is 5.92. The summed E-state index contributed by atoms with van der Waals surface area (Å²) in [5.74, 6) is 0.914. The van der Waals surface area contributed by atoms with Gasteiger partial charge in [0.15, 0.2) is 0 Å². The first kappa shape index (κ1) is 22.4. The molecule has 0 aliphatic carbocycles. The van der Waals surface area contributed by atoms with Gasteiger partial charge in [0, 0.05) is 22.3 Å². The van der Waals surface area contributed by atoms with Crippen LogP contribution in [0.4, 0.5) is 0 Å². The van der Waals surface area contributed by atoms with Crippen LogP contribution in [0.1, 0.15) is 25.0 Å². The zero-order chi connectivity index (χ0) is 24.0. The van der Waals surface area contributed by atoms with E-state index in [1.165, 1.54) is 0 Å². The third-order valence-electron chi connectivity index (χ3n) is 5.89. The summed E-state index contributed by atoms with van der Waals surface area (Å²) in [7, 11) is 0. The van der Waals surface area contributed by atoms with Crippen LogP contribution in [0.25, 0.3) is 44.5 Å². The summed E-state index contributed by atoms with van der Waals surface area (Å²) < 4.78 is 17.8. The summed E-state index contributed by atoms with van der Waals surface area (Å²) in [5, 5.41) is 13.3. The SMILES string of the molecule is CC=COCc1c(-c2nnc(-c3ccc4ccccc4c3COC=CC)o2)ccc2ccccc12. The number of ether oxygens (including phenoxy) is 2. The molecule has 5 aromatic rings. The molecule has 35 heavy (non-hydrogen) atoms. The Balaban J connectivity index is 1.60. The van der Waals surface area contributed by atoms with E-state index < -0.39 is 0 Å². The van der Waals surface area contributed by atoms with E-state index in [4.69, 9.17) is 13.9 Å². The first-order chi connectivity index (χ1) is 17.3. The van der Waals surface area contributed by atoms with Gasteiger partial charge in [-0.15, -0.1) is 10.2 Å². The average molecular weight is 463 g/mol. The Morgan fingerprint density at radius 2 is 1.09 bits per heavy atom. The Kier molecular flexibility index (Phi) is 6.57. The van der Waals surface area contributed by atoms with E-state index in [9.17, 15) is 0 Å². The molecular formula is C30H26N2O3. The lowest BCUT2D eigenvalue weighted by Crippen LogP contribution is -1.94. The summed E-state index contributed by atoms with van der Waals surface area (Å²) in [6.07, 6.45) is 7.12. The number of fused-ring (bicyclic) bond motifs is 2. The first-order valence-corrected chi connectivity index (χ1v) is 11.6. The van der Waals surface area contributed by atoms with Crippen molar-refractivity contribution >= 4 is 21.5 Å². The lowest BCUT2D eigenvalue weighted by molar-refractivity contribution is 0.237. The Labute approximate surface area is 204 Å². The number of hydrogen-bond acceptors (Lipinski definition) is 5. The number of nitrogens with zero attached hydrogens (tertiary/aromatic N) is 2. The van der Waals surface area contributed by atoms with Crippen molar-refractivity contribution in [3.05, 3.63) is 109 Å². The van der Waals surface area contributed by atoms with E-state index in [-0.39, 0.29) is 0 Å². The van der Waals surface area contributed by atoms with Gasteiger partial charge in [-0.1, -0.05) is 72.8 Å². The van der Waals surface area contributed by atoms with Crippen LogP contribution in [-0.4, -0.2) is 10.2 Å². The number of aromatic nitrogens is 2. The van der Waals surface area contributed by atoms with E-state index in [1.807, 2.05) is 62.4 Å². The molecule has 0 spiro atoms. The molecule has 0 atom stereocenters. The van der Waals surface area contributed by atoms with Crippen molar-refractivity contribution in [3.63, 3.8) is 0 Å². The average Bonchev–Trinajstić information content (AvgIpc) is 3.39. The van der Waals surface area contributed by atoms with Gasteiger partial charge in [0.05, 0.1) is 12.5 Å². The molecule has 0 unspecified atom stereocenters. The van der Waals surface area contributed by atoms with Crippen LogP contribution in [0.2, 0.25) is 0 Å². The smallest absolute Gasteiger partial charge is 0.248 e. The molecule has 0 N–H and O–H groups in total. The van der Waals surface area contributed by atoms with Crippen molar-refractivity contribution < 1.29 is 13.9 Å². The number of benzene rings is 4. The Morgan fingerprint density at radius 1 is 0.629 bits per heavy atom. The van der Waals surface area contributed by atoms with Crippen molar-refractivity contribution in [2.45, 2.75) is 27.1 Å². The molecule has 0 radical (unpaired) electrons. The predicted molar refractivity (Wildman–Crippen MR) is 139 cm³/mol.